The van der Waals surface area contributed by atoms with Gasteiger partial charge in [-0.1, -0.05) is 24.3 Å². The highest BCUT2D eigenvalue weighted by Gasteiger charge is 2.02. The maximum absolute atomic E-state index is 4.36. The zero-order chi connectivity index (χ0) is 13.9. The summed E-state index contributed by atoms with van der Waals surface area (Å²) in [6, 6.07) is 16.8. The molecular weight excluding hydrogens is 244 g/mol. The summed E-state index contributed by atoms with van der Waals surface area (Å²) in [7, 11) is 0. The number of aromatic nitrogens is 2. The lowest BCUT2D eigenvalue weighted by Gasteiger charge is -2.06. The molecule has 0 atom stereocenters. The Morgan fingerprint density at radius 1 is 0.650 bits per heavy atom. The molecule has 2 heterocycles. The number of benzene rings is 1. The van der Waals surface area contributed by atoms with E-state index in [1.807, 2.05) is 38.4 Å². The van der Waals surface area contributed by atoms with E-state index >= 15 is 0 Å². The molecule has 0 N–H and O–H groups in total. The van der Waals surface area contributed by atoms with Gasteiger partial charge < -0.3 is 0 Å². The van der Waals surface area contributed by atoms with Crippen molar-refractivity contribution in [3.8, 4) is 22.3 Å². The summed E-state index contributed by atoms with van der Waals surface area (Å²) in [4.78, 5) is 8.61. The van der Waals surface area contributed by atoms with Crippen molar-refractivity contribution in [3.05, 3.63) is 72.3 Å². The normalized spacial score (nSPS) is 10.5. The van der Waals surface area contributed by atoms with Gasteiger partial charge in [0.25, 0.3) is 0 Å². The van der Waals surface area contributed by atoms with Crippen molar-refractivity contribution in [3.63, 3.8) is 0 Å². The number of aryl methyl sites for hydroxylation is 2. The van der Waals surface area contributed by atoms with E-state index in [1.54, 1.807) is 0 Å². The van der Waals surface area contributed by atoms with Crippen molar-refractivity contribution in [2.45, 2.75) is 13.8 Å². The highest BCUT2D eigenvalue weighted by Crippen LogP contribution is 2.26. The van der Waals surface area contributed by atoms with E-state index in [1.165, 1.54) is 16.7 Å². The molecule has 0 amide bonds. The molecule has 3 aromatic rings. The van der Waals surface area contributed by atoms with Crippen LogP contribution in [-0.2, 0) is 0 Å². The Labute approximate surface area is 119 Å². The second-order valence-electron chi connectivity index (χ2n) is 4.95. The lowest BCUT2D eigenvalue weighted by molar-refractivity contribution is 1.20. The summed E-state index contributed by atoms with van der Waals surface area (Å²) in [5.74, 6) is 0. The van der Waals surface area contributed by atoms with Crippen LogP contribution >= 0.6 is 0 Å². The first-order chi connectivity index (χ1) is 9.72. The van der Waals surface area contributed by atoms with Gasteiger partial charge in [0.15, 0.2) is 0 Å². The number of hydrogen-bond donors (Lipinski definition) is 0. The fraction of sp³-hybridized carbons (Fsp3) is 0.111. The molecule has 2 heteroatoms. The Morgan fingerprint density at radius 3 is 2.10 bits per heavy atom. The van der Waals surface area contributed by atoms with Crippen LogP contribution in [0.15, 0.2) is 60.9 Å². The van der Waals surface area contributed by atoms with E-state index < -0.39 is 0 Å². The molecule has 0 aliphatic carbocycles. The molecule has 20 heavy (non-hydrogen) atoms. The van der Waals surface area contributed by atoms with E-state index in [2.05, 4.69) is 46.4 Å². The van der Waals surface area contributed by atoms with Crippen molar-refractivity contribution < 1.29 is 0 Å². The van der Waals surface area contributed by atoms with Crippen LogP contribution in [0, 0.1) is 13.8 Å². The van der Waals surface area contributed by atoms with Crippen LogP contribution in [0.2, 0.25) is 0 Å². The molecule has 0 saturated heterocycles. The molecule has 0 radical (unpaired) electrons. The smallest absolute Gasteiger partial charge is 0.0378 e. The van der Waals surface area contributed by atoms with Gasteiger partial charge in [0.05, 0.1) is 0 Å². The molecular formula is C18H16N2. The third-order valence-corrected chi connectivity index (χ3v) is 3.34. The fourth-order valence-corrected chi connectivity index (χ4v) is 2.24. The number of pyridine rings is 2. The van der Waals surface area contributed by atoms with Gasteiger partial charge >= 0.3 is 0 Å². The Bertz CT molecular complexity index is 730. The van der Waals surface area contributed by atoms with Gasteiger partial charge in [-0.05, 0) is 54.8 Å². The van der Waals surface area contributed by atoms with Crippen LogP contribution in [0.4, 0.5) is 0 Å². The number of rotatable bonds is 2. The maximum atomic E-state index is 4.36. The first kappa shape index (κ1) is 12.5. The third kappa shape index (κ3) is 2.59. The lowest BCUT2D eigenvalue weighted by atomic mass is 10.00. The third-order valence-electron chi connectivity index (χ3n) is 3.34. The molecule has 98 valence electrons. The SMILES string of the molecule is Cc1ccc(-c2cccc(-c3ccnc(C)c3)c2)cn1. The summed E-state index contributed by atoms with van der Waals surface area (Å²) < 4.78 is 0. The summed E-state index contributed by atoms with van der Waals surface area (Å²) in [5, 5.41) is 0. The standard InChI is InChI=1S/C18H16N2/c1-13-6-7-18(12-20-13)16-5-3-4-15(11-16)17-8-9-19-14(2)10-17/h3-12H,1-2H3. The van der Waals surface area contributed by atoms with Gasteiger partial charge in [-0.15, -0.1) is 0 Å². The zero-order valence-corrected chi connectivity index (χ0v) is 11.7. The monoisotopic (exact) mass is 260 g/mol. The quantitative estimate of drug-likeness (QED) is 0.681. The molecule has 0 bridgehead atoms. The molecule has 0 saturated carbocycles. The van der Waals surface area contributed by atoms with E-state index in [-0.39, 0.29) is 0 Å². The average Bonchev–Trinajstić information content (AvgIpc) is 2.48. The molecule has 0 fully saturated rings. The van der Waals surface area contributed by atoms with Gasteiger partial charge in [-0.25, -0.2) is 0 Å². The Morgan fingerprint density at radius 2 is 1.40 bits per heavy atom. The minimum Gasteiger partial charge on any atom is -0.262 e. The van der Waals surface area contributed by atoms with Gasteiger partial charge in [0, 0.05) is 29.3 Å². The lowest BCUT2D eigenvalue weighted by Crippen LogP contribution is -1.86. The van der Waals surface area contributed by atoms with Crippen LogP contribution < -0.4 is 0 Å². The summed E-state index contributed by atoms with van der Waals surface area (Å²) in [6.45, 7) is 4.01. The van der Waals surface area contributed by atoms with Crippen molar-refractivity contribution in [2.75, 3.05) is 0 Å². The Hall–Kier alpha value is -2.48. The topological polar surface area (TPSA) is 25.8 Å². The second-order valence-corrected chi connectivity index (χ2v) is 4.95. The predicted molar refractivity (Wildman–Crippen MR) is 82.4 cm³/mol. The summed E-state index contributed by atoms with van der Waals surface area (Å²) in [5.41, 5.74) is 6.79. The molecule has 0 unspecified atom stereocenters. The van der Waals surface area contributed by atoms with Gasteiger partial charge in [-0.2, -0.15) is 0 Å². The average molecular weight is 260 g/mol. The van der Waals surface area contributed by atoms with Crippen LogP contribution in [0.3, 0.4) is 0 Å². The fourth-order valence-electron chi connectivity index (χ4n) is 2.24. The number of hydrogen-bond acceptors (Lipinski definition) is 2. The highest BCUT2D eigenvalue weighted by molar-refractivity contribution is 5.72. The van der Waals surface area contributed by atoms with E-state index in [0.717, 1.165) is 17.0 Å². The Kier molecular flexibility index (Phi) is 3.30. The highest BCUT2D eigenvalue weighted by atomic mass is 14.7. The molecule has 0 aliphatic heterocycles. The summed E-state index contributed by atoms with van der Waals surface area (Å²) in [6.07, 6.45) is 3.77. The minimum absolute atomic E-state index is 1.03. The van der Waals surface area contributed by atoms with Crippen LogP contribution in [-0.4, -0.2) is 9.97 Å². The van der Waals surface area contributed by atoms with Crippen LogP contribution in [0.5, 0.6) is 0 Å². The maximum Gasteiger partial charge on any atom is 0.0378 e. The van der Waals surface area contributed by atoms with Crippen LogP contribution in [0.25, 0.3) is 22.3 Å². The van der Waals surface area contributed by atoms with Gasteiger partial charge in [-0.3, -0.25) is 9.97 Å². The molecule has 2 aromatic heterocycles. The van der Waals surface area contributed by atoms with E-state index in [9.17, 15) is 0 Å². The predicted octanol–water partition coefficient (Wildman–Crippen LogP) is 4.43. The van der Waals surface area contributed by atoms with Crippen molar-refractivity contribution in [1.82, 2.24) is 9.97 Å². The first-order valence-electron chi connectivity index (χ1n) is 6.68. The van der Waals surface area contributed by atoms with E-state index in [4.69, 9.17) is 0 Å². The van der Waals surface area contributed by atoms with Crippen molar-refractivity contribution >= 4 is 0 Å². The number of nitrogens with zero attached hydrogens (tertiary/aromatic N) is 2. The van der Waals surface area contributed by atoms with Gasteiger partial charge in [0.2, 0.25) is 0 Å². The molecule has 0 spiro atoms. The Balaban J connectivity index is 2.03. The molecule has 3 rings (SSSR count). The molecule has 1 aromatic carbocycles. The first-order valence-corrected chi connectivity index (χ1v) is 6.68. The molecule has 0 aliphatic rings. The van der Waals surface area contributed by atoms with Crippen molar-refractivity contribution in [2.24, 2.45) is 0 Å². The van der Waals surface area contributed by atoms with Crippen LogP contribution in [0.1, 0.15) is 11.4 Å². The zero-order valence-electron chi connectivity index (χ0n) is 11.7. The minimum atomic E-state index is 1.03. The second kappa shape index (κ2) is 5.25. The van der Waals surface area contributed by atoms with E-state index in [0.29, 0.717) is 0 Å². The summed E-state index contributed by atoms with van der Waals surface area (Å²) >= 11 is 0. The largest absolute Gasteiger partial charge is 0.262 e. The molecule has 2 nitrogen and oxygen atoms in total. The van der Waals surface area contributed by atoms with Crippen molar-refractivity contribution in [1.29, 1.82) is 0 Å². The van der Waals surface area contributed by atoms with Gasteiger partial charge in [0.1, 0.15) is 0 Å².